The van der Waals surface area contributed by atoms with E-state index in [9.17, 15) is 18.8 Å². The maximum atomic E-state index is 14.0. The second kappa shape index (κ2) is 6.77. The Bertz CT molecular complexity index is 1310. The summed E-state index contributed by atoms with van der Waals surface area (Å²) < 4.78 is 19.8. The molecule has 0 bridgehead atoms. The van der Waals surface area contributed by atoms with Crippen LogP contribution >= 0.6 is 0 Å². The quantitative estimate of drug-likeness (QED) is 0.644. The fourth-order valence-corrected chi connectivity index (χ4v) is 4.93. The van der Waals surface area contributed by atoms with Crippen LogP contribution in [0.25, 0.3) is 11.0 Å². The van der Waals surface area contributed by atoms with Crippen molar-refractivity contribution in [3.63, 3.8) is 0 Å². The average molecular weight is 420 g/mol. The summed E-state index contributed by atoms with van der Waals surface area (Å²) >= 11 is 0. The van der Waals surface area contributed by atoms with E-state index in [1.807, 2.05) is 26.0 Å². The molecule has 2 aliphatic heterocycles. The lowest BCUT2D eigenvalue weighted by Gasteiger charge is -2.34. The molecule has 1 aromatic heterocycles. The van der Waals surface area contributed by atoms with Crippen molar-refractivity contribution in [3.05, 3.63) is 75.4 Å². The minimum Gasteiger partial charge on any atom is -0.450 e. The first-order chi connectivity index (χ1) is 15.0. The third-order valence-electron chi connectivity index (χ3n) is 6.09. The molecule has 2 aliphatic rings. The molecule has 3 aromatic rings. The molecule has 31 heavy (non-hydrogen) atoms. The fourth-order valence-electron chi connectivity index (χ4n) is 4.93. The number of benzene rings is 2. The molecule has 1 unspecified atom stereocenters. The topological polar surface area (TPSA) is 70.8 Å². The van der Waals surface area contributed by atoms with Crippen molar-refractivity contribution in [1.82, 2.24) is 4.90 Å². The van der Waals surface area contributed by atoms with Crippen LogP contribution in [-0.4, -0.2) is 29.8 Å². The second-order valence-electron chi connectivity index (χ2n) is 7.92. The van der Waals surface area contributed by atoms with E-state index in [0.29, 0.717) is 30.6 Å². The zero-order valence-electron chi connectivity index (χ0n) is 17.3. The molecular formula is C24H21FN2O4. The monoisotopic (exact) mass is 420 g/mol. The predicted octanol–water partition coefficient (Wildman–Crippen LogP) is 3.80. The molecule has 2 aromatic carbocycles. The van der Waals surface area contributed by atoms with Crippen molar-refractivity contribution < 1.29 is 18.4 Å². The number of nitrogens with zero attached hydrogens (tertiary/aromatic N) is 2. The molecule has 0 saturated carbocycles. The maximum Gasteiger partial charge on any atom is 0.291 e. The summed E-state index contributed by atoms with van der Waals surface area (Å²) in [5, 5.41) is 0.0171. The van der Waals surface area contributed by atoms with Gasteiger partial charge in [0.15, 0.2) is 11.0 Å². The number of para-hydroxylation sites is 1. The maximum absolute atomic E-state index is 14.0. The van der Waals surface area contributed by atoms with Crippen molar-refractivity contribution in [2.45, 2.75) is 32.2 Å². The third kappa shape index (κ3) is 2.34. The molecule has 0 N–H and O–H groups in total. The van der Waals surface area contributed by atoms with Crippen LogP contribution in [0.15, 0.2) is 51.7 Å². The van der Waals surface area contributed by atoms with Gasteiger partial charge < -0.3 is 14.2 Å². The van der Waals surface area contributed by atoms with Crippen molar-refractivity contribution in [2.75, 3.05) is 18.0 Å². The normalized spacial score (nSPS) is 19.6. The van der Waals surface area contributed by atoms with E-state index < -0.39 is 22.7 Å². The number of hydrogen-bond donors (Lipinski definition) is 0. The van der Waals surface area contributed by atoms with E-state index in [0.717, 1.165) is 6.07 Å². The summed E-state index contributed by atoms with van der Waals surface area (Å²) in [6.07, 6.45) is 1.30. The van der Waals surface area contributed by atoms with E-state index in [-0.39, 0.29) is 34.7 Å². The van der Waals surface area contributed by atoms with Crippen LogP contribution < -0.4 is 10.3 Å². The number of amides is 2. The molecule has 0 fully saturated rings. The molecular weight excluding hydrogens is 399 g/mol. The van der Waals surface area contributed by atoms with Gasteiger partial charge in [0, 0.05) is 18.7 Å². The van der Waals surface area contributed by atoms with E-state index in [2.05, 4.69) is 0 Å². The van der Waals surface area contributed by atoms with Crippen LogP contribution in [-0.2, 0) is 10.3 Å². The van der Waals surface area contributed by atoms with Crippen LogP contribution in [0.4, 0.5) is 10.1 Å². The predicted molar refractivity (Wildman–Crippen MR) is 114 cm³/mol. The van der Waals surface area contributed by atoms with Crippen molar-refractivity contribution in [3.8, 4) is 0 Å². The number of anilines is 1. The SMILES string of the molecule is CCCN1C(=O)C2(c3ccccc31)c1c(oc3ccc(F)cc3c1=O)C(=O)N2CCC. The molecule has 5 rings (SSSR count). The first kappa shape index (κ1) is 19.5. The zero-order valence-corrected chi connectivity index (χ0v) is 17.3. The minimum atomic E-state index is -1.60. The zero-order chi connectivity index (χ0) is 21.9. The Kier molecular flexibility index (Phi) is 4.25. The van der Waals surface area contributed by atoms with Gasteiger partial charge in [0.2, 0.25) is 5.76 Å². The largest absolute Gasteiger partial charge is 0.450 e. The molecule has 0 radical (unpaired) electrons. The average Bonchev–Trinajstić information content (AvgIpc) is 3.15. The highest BCUT2D eigenvalue weighted by Gasteiger charge is 2.64. The molecule has 2 amide bonds. The minimum absolute atomic E-state index is 0.0138. The number of fused-ring (bicyclic) bond motifs is 5. The summed E-state index contributed by atoms with van der Waals surface area (Å²) in [5.41, 5.74) is -0.790. The van der Waals surface area contributed by atoms with Gasteiger partial charge in [-0.2, -0.15) is 0 Å². The van der Waals surface area contributed by atoms with Gasteiger partial charge in [-0.25, -0.2) is 4.39 Å². The standard InChI is InChI=1S/C24H21FN2O4/c1-3-11-26-17-8-6-5-7-16(17)24(23(26)30)19-20(28)15-13-14(25)9-10-18(15)31-21(19)22(29)27(24)12-4-2/h5-10,13H,3-4,11-12H2,1-2H3. The number of carbonyl (C=O) groups excluding carboxylic acids is 2. The highest BCUT2D eigenvalue weighted by atomic mass is 19.1. The van der Waals surface area contributed by atoms with Gasteiger partial charge in [-0.3, -0.25) is 14.4 Å². The van der Waals surface area contributed by atoms with Gasteiger partial charge in [0.05, 0.1) is 16.6 Å². The first-order valence-corrected chi connectivity index (χ1v) is 10.5. The lowest BCUT2D eigenvalue weighted by atomic mass is 9.84. The van der Waals surface area contributed by atoms with Crippen LogP contribution in [0.3, 0.4) is 0 Å². The van der Waals surface area contributed by atoms with Gasteiger partial charge in [0.25, 0.3) is 11.8 Å². The summed E-state index contributed by atoms with van der Waals surface area (Å²) in [4.78, 5) is 44.2. The summed E-state index contributed by atoms with van der Waals surface area (Å²) in [6, 6.07) is 10.8. The van der Waals surface area contributed by atoms with E-state index in [1.165, 1.54) is 17.0 Å². The highest BCUT2D eigenvalue weighted by Crippen LogP contribution is 2.52. The highest BCUT2D eigenvalue weighted by molar-refractivity contribution is 6.17. The molecule has 0 aliphatic carbocycles. The molecule has 158 valence electrons. The fraction of sp³-hybridized carbons (Fsp3) is 0.292. The molecule has 1 spiro atoms. The molecule has 6 nitrogen and oxygen atoms in total. The summed E-state index contributed by atoms with van der Waals surface area (Å²) in [7, 11) is 0. The van der Waals surface area contributed by atoms with Crippen LogP contribution in [0.2, 0.25) is 0 Å². The number of carbonyl (C=O) groups is 2. The summed E-state index contributed by atoms with van der Waals surface area (Å²) in [6.45, 7) is 4.59. The molecule has 0 saturated heterocycles. The van der Waals surface area contributed by atoms with Crippen molar-refractivity contribution in [1.29, 1.82) is 0 Å². The summed E-state index contributed by atoms with van der Waals surface area (Å²) in [5.74, 6) is -1.57. The Morgan fingerprint density at radius 2 is 1.74 bits per heavy atom. The Morgan fingerprint density at radius 3 is 2.48 bits per heavy atom. The molecule has 7 heteroatoms. The molecule has 3 heterocycles. The van der Waals surface area contributed by atoms with Crippen LogP contribution in [0, 0.1) is 5.82 Å². The van der Waals surface area contributed by atoms with Gasteiger partial charge in [0.1, 0.15) is 11.4 Å². The van der Waals surface area contributed by atoms with Gasteiger partial charge in [-0.15, -0.1) is 0 Å². The Labute approximate surface area is 177 Å². The second-order valence-corrected chi connectivity index (χ2v) is 7.92. The van der Waals surface area contributed by atoms with Crippen molar-refractivity contribution in [2.24, 2.45) is 0 Å². The number of hydrogen-bond acceptors (Lipinski definition) is 4. The lowest BCUT2D eigenvalue weighted by Crippen LogP contribution is -2.53. The van der Waals surface area contributed by atoms with Gasteiger partial charge in [-0.05, 0) is 37.1 Å². The lowest BCUT2D eigenvalue weighted by molar-refractivity contribution is -0.126. The van der Waals surface area contributed by atoms with E-state index in [4.69, 9.17) is 4.42 Å². The number of halogens is 1. The van der Waals surface area contributed by atoms with Gasteiger partial charge >= 0.3 is 0 Å². The van der Waals surface area contributed by atoms with Crippen molar-refractivity contribution >= 4 is 28.5 Å². The third-order valence-corrected chi connectivity index (χ3v) is 6.09. The molecule has 1 atom stereocenters. The van der Waals surface area contributed by atoms with Gasteiger partial charge in [-0.1, -0.05) is 32.0 Å². The Balaban J connectivity index is 1.93. The van der Waals surface area contributed by atoms with Crippen LogP contribution in [0.5, 0.6) is 0 Å². The van der Waals surface area contributed by atoms with E-state index >= 15 is 0 Å². The smallest absolute Gasteiger partial charge is 0.291 e. The van der Waals surface area contributed by atoms with Crippen LogP contribution in [0.1, 0.15) is 48.4 Å². The first-order valence-electron chi connectivity index (χ1n) is 10.5. The Hall–Kier alpha value is -3.48. The van der Waals surface area contributed by atoms with E-state index in [1.54, 1.807) is 17.0 Å². The Morgan fingerprint density at radius 1 is 1.00 bits per heavy atom. The number of rotatable bonds is 4.